The number of nitrogens with zero attached hydrogens (tertiary/aromatic N) is 1. The third kappa shape index (κ3) is 4.24. The third-order valence-electron chi connectivity index (χ3n) is 4.84. The number of likely N-dealkylation sites (tertiary alicyclic amines) is 1. The predicted octanol–water partition coefficient (Wildman–Crippen LogP) is 3.52. The predicted molar refractivity (Wildman–Crippen MR) is 81.0 cm³/mol. The Morgan fingerprint density at radius 3 is 2.22 bits per heavy atom. The highest BCUT2D eigenvalue weighted by Crippen LogP contribution is 2.32. The van der Waals surface area contributed by atoms with E-state index in [2.05, 4.69) is 51.8 Å². The van der Waals surface area contributed by atoms with Crippen LogP contribution in [0.5, 0.6) is 0 Å². The minimum atomic E-state index is 0.461. The van der Waals surface area contributed by atoms with Gasteiger partial charge in [0.25, 0.3) is 0 Å². The van der Waals surface area contributed by atoms with Gasteiger partial charge >= 0.3 is 0 Å². The number of hydrogen-bond acceptors (Lipinski definition) is 2. The van der Waals surface area contributed by atoms with Crippen molar-refractivity contribution in [3.8, 4) is 0 Å². The van der Waals surface area contributed by atoms with Gasteiger partial charge in [0, 0.05) is 31.7 Å². The van der Waals surface area contributed by atoms with Gasteiger partial charge in [-0.3, -0.25) is 4.90 Å². The summed E-state index contributed by atoms with van der Waals surface area (Å²) >= 11 is 0. The summed E-state index contributed by atoms with van der Waals surface area (Å²) in [5.74, 6) is 0.879. The highest BCUT2D eigenvalue weighted by molar-refractivity contribution is 4.89. The summed E-state index contributed by atoms with van der Waals surface area (Å²) in [5, 5.41) is 3.66. The van der Waals surface area contributed by atoms with Crippen LogP contribution in [0.25, 0.3) is 0 Å². The van der Waals surface area contributed by atoms with Crippen molar-refractivity contribution < 1.29 is 0 Å². The molecule has 1 saturated heterocycles. The largest absolute Gasteiger partial charge is 0.314 e. The van der Waals surface area contributed by atoms with Gasteiger partial charge in [-0.2, -0.15) is 0 Å². The van der Waals surface area contributed by atoms with Crippen LogP contribution in [0.3, 0.4) is 0 Å². The summed E-state index contributed by atoms with van der Waals surface area (Å²) in [6.45, 7) is 17.7. The van der Waals surface area contributed by atoms with E-state index in [4.69, 9.17) is 0 Å². The highest BCUT2D eigenvalue weighted by Gasteiger charge is 2.34. The van der Waals surface area contributed by atoms with Crippen molar-refractivity contribution in [3.63, 3.8) is 0 Å². The van der Waals surface area contributed by atoms with E-state index < -0.39 is 0 Å². The molecule has 1 fully saturated rings. The first kappa shape index (κ1) is 16.0. The second-order valence-electron chi connectivity index (χ2n) is 6.86. The molecule has 0 amide bonds. The summed E-state index contributed by atoms with van der Waals surface area (Å²) < 4.78 is 0. The maximum absolute atomic E-state index is 3.66. The van der Waals surface area contributed by atoms with Gasteiger partial charge in [0.05, 0.1) is 0 Å². The van der Waals surface area contributed by atoms with Crippen LogP contribution in [0.1, 0.15) is 60.8 Å². The van der Waals surface area contributed by atoms with Crippen LogP contribution in [0.4, 0.5) is 0 Å². The first-order valence-corrected chi connectivity index (χ1v) is 7.90. The molecule has 0 aromatic rings. The van der Waals surface area contributed by atoms with E-state index in [-0.39, 0.29) is 0 Å². The number of hydrogen-bond donors (Lipinski definition) is 1. The fourth-order valence-corrected chi connectivity index (χ4v) is 3.24. The Balaban J connectivity index is 2.61. The van der Waals surface area contributed by atoms with Crippen LogP contribution < -0.4 is 5.32 Å². The van der Waals surface area contributed by atoms with E-state index in [0.29, 0.717) is 11.5 Å². The molecule has 2 nitrogen and oxygen atoms in total. The second-order valence-corrected chi connectivity index (χ2v) is 6.86. The van der Waals surface area contributed by atoms with Crippen molar-refractivity contribution in [3.05, 3.63) is 0 Å². The average molecular weight is 254 g/mol. The lowest BCUT2D eigenvalue weighted by Crippen LogP contribution is -2.46. The van der Waals surface area contributed by atoms with Gasteiger partial charge in [-0.25, -0.2) is 0 Å². The Morgan fingerprint density at radius 1 is 1.22 bits per heavy atom. The molecule has 1 aliphatic heterocycles. The minimum absolute atomic E-state index is 0.461. The highest BCUT2D eigenvalue weighted by atomic mass is 15.2. The molecular formula is C16H34N2. The minimum Gasteiger partial charge on any atom is -0.314 e. The molecule has 0 aromatic heterocycles. The SMILES string of the molecule is CCC(CC)(CNC(C)C)CN1CC(C)CC1C. The Hall–Kier alpha value is -0.0800. The smallest absolute Gasteiger partial charge is 0.00702 e. The molecule has 0 saturated carbocycles. The van der Waals surface area contributed by atoms with Gasteiger partial charge in [0.2, 0.25) is 0 Å². The van der Waals surface area contributed by atoms with Crippen molar-refractivity contribution in [2.45, 2.75) is 72.9 Å². The van der Waals surface area contributed by atoms with E-state index >= 15 is 0 Å². The molecular weight excluding hydrogens is 220 g/mol. The Labute approximate surface area is 115 Å². The average Bonchev–Trinajstić information content (AvgIpc) is 2.63. The molecule has 0 aliphatic carbocycles. The van der Waals surface area contributed by atoms with Crippen molar-refractivity contribution in [2.24, 2.45) is 11.3 Å². The van der Waals surface area contributed by atoms with Gasteiger partial charge in [-0.05, 0) is 37.5 Å². The molecule has 0 spiro atoms. The molecule has 18 heavy (non-hydrogen) atoms. The van der Waals surface area contributed by atoms with Crippen LogP contribution in [-0.4, -0.2) is 36.6 Å². The second kappa shape index (κ2) is 6.91. The Kier molecular flexibility index (Phi) is 6.13. The molecule has 1 heterocycles. The maximum Gasteiger partial charge on any atom is 0.00702 e. The van der Waals surface area contributed by atoms with Crippen LogP contribution >= 0.6 is 0 Å². The maximum atomic E-state index is 3.66. The molecule has 0 bridgehead atoms. The van der Waals surface area contributed by atoms with Crippen LogP contribution in [0, 0.1) is 11.3 Å². The summed E-state index contributed by atoms with van der Waals surface area (Å²) in [4.78, 5) is 2.72. The number of rotatable bonds is 7. The van der Waals surface area contributed by atoms with Crippen molar-refractivity contribution in [1.82, 2.24) is 10.2 Å². The molecule has 1 aliphatic rings. The van der Waals surface area contributed by atoms with Crippen molar-refractivity contribution >= 4 is 0 Å². The van der Waals surface area contributed by atoms with Crippen molar-refractivity contribution in [1.29, 1.82) is 0 Å². The van der Waals surface area contributed by atoms with E-state index in [9.17, 15) is 0 Å². The molecule has 108 valence electrons. The molecule has 2 unspecified atom stereocenters. The molecule has 2 atom stereocenters. The first-order chi connectivity index (χ1) is 8.42. The summed E-state index contributed by atoms with van der Waals surface area (Å²) in [6, 6.07) is 1.37. The monoisotopic (exact) mass is 254 g/mol. The summed E-state index contributed by atoms with van der Waals surface area (Å²) in [6.07, 6.45) is 3.93. The molecule has 1 N–H and O–H groups in total. The van der Waals surface area contributed by atoms with Crippen LogP contribution in [-0.2, 0) is 0 Å². The zero-order chi connectivity index (χ0) is 13.8. The van der Waals surface area contributed by atoms with Gasteiger partial charge in [0.1, 0.15) is 0 Å². The molecule has 0 aromatic carbocycles. The van der Waals surface area contributed by atoms with Gasteiger partial charge in [-0.1, -0.05) is 34.6 Å². The Bertz CT molecular complexity index is 233. The fourth-order valence-electron chi connectivity index (χ4n) is 3.24. The topological polar surface area (TPSA) is 15.3 Å². The third-order valence-corrected chi connectivity index (χ3v) is 4.84. The quantitative estimate of drug-likeness (QED) is 0.748. The molecule has 0 radical (unpaired) electrons. The lowest BCUT2D eigenvalue weighted by Gasteiger charge is -2.38. The van der Waals surface area contributed by atoms with Gasteiger partial charge < -0.3 is 5.32 Å². The fraction of sp³-hybridized carbons (Fsp3) is 1.00. The van der Waals surface area contributed by atoms with E-state index in [0.717, 1.165) is 18.5 Å². The lowest BCUT2D eigenvalue weighted by atomic mass is 9.81. The molecule has 2 heteroatoms. The van der Waals surface area contributed by atoms with E-state index in [1.165, 1.54) is 32.4 Å². The number of nitrogens with one attached hydrogen (secondary N) is 1. The van der Waals surface area contributed by atoms with E-state index in [1.54, 1.807) is 0 Å². The van der Waals surface area contributed by atoms with E-state index in [1.807, 2.05) is 0 Å². The zero-order valence-electron chi connectivity index (χ0n) is 13.4. The van der Waals surface area contributed by atoms with Crippen LogP contribution in [0.2, 0.25) is 0 Å². The Morgan fingerprint density at radius 2 is 1.83 bits per heavy atom. The molecule has 1 rings (SSSR count). The zero-order valence-corrected chi connectivity index (χ0v) is 13.4. The van der Waals surface area contributed by atoms with Crippen molar-refractivity contribution in [2.75, 3.05) is 19.6 Å². The van der Waals surface area contributed by atoms with Gasteiger partial charge in [-0.15, -0.1) is 0 Å². The first-order valence-electron chi connectivity index (χ1n) is 7.90. The van der Waals surface area contributed by atoms with Crippen LogP contribution in [0.15, 0.2) is 0 Å². The van der Waals surface area contributed by atoms with Gasteiger partial charge in [0.15, 0.2) is 0 Å². The summed E-state index contributed by atoms with van der Waals surface area (Å²) in [5.41, 5.74) is 0.461. The summed E-state index contributed by atoms with van der Waals surface area (Å²) in [7, 11) is 0. The standard InChI is InChI=1S/C16H34N2/c1-7-16(8-2,11-17-13(3)4)12-18-10-14(5)9-15(18)6/h13-15,17H,7-12H2,1-6H3. The normalized spacial score (nSPS) is 26.2. The lowest BCUT2D eigenvalue weighted by molar-refractivity contribution is 0.126.